The second kappa shape index (κ2) is 19.6. The molecule has 182 valence electrons. The minimum atomic E-state index is -0.226. The summed E-state index contributed by atoms with van der Waals surface area (Å²) < 4.78 is 26.4. The monoisotopic (exact) mass is 456 g/mol. The maximum Gasteiger partial charge on any atom is 0.251 e. The van der Waals surface area contributed by atoms with E-state index in [1.54, 1.807) is 6.07 Å². The van der Waals surface area contributed by atoms with Crippen LogP contribution in [0.1, 0.15) is 15.9 Å². The van der Waals surface area contributed by atoms with E-state index in [0.717, 1.165) is 5.56 Å². The van der Waals surface area contributed by atoms with Crippen molar-refractivity contribution in [1.29, 1.82) is 0 Å². The van der Waals surface area contributed by atoms with E-state index in [0.29, 0.717) is 71.5 Å². The summed E-state index contributed by atoms with van der Waals surface area (Å²) in [7, 11) is 0. The molecule has 0 saturated carbocycles. The molecule has 1 rings (SSSR count). The van der Waals surface area contributed by atoms with Crippen LogP contribution in [0, 0.1) is 6.92 Å². The SMILES string of the molecule is Cc1cccc(C(=O)NCCOCCOCCOCCOCC(=O)NCCOCCO)c1. The van der Waals surface area contributed by atoms with Crippen molar-refractivity contribution in [3.8, 4) is 0 Å². The maximum absolute atomic E-state index is 12.0. The van der Waals surface area contributed by atoms with Crippen molar-refractivity contribution in [3.05, 3.63) is 35.4 Å². The van der Waals surface area contributed by atoms with Gasteiger partial charge in [-0.15, -0.1) is 0 Å². The number of aliphatic hydroxyl groups is 1. The molecule has 0 radical (unpaired) electrons. The Morgan fingerprint density at radius 1 is 0.781 bits per heavy atom. The van der Waals surface area contributed by atoms with Crippen LogP contribution in [0.3, 0.4) is 0 Å². The number of rotatable bonds is 20. The number of hydrogen-bond donors (Lipinski definition) is 3. The van der Waals surface area contributed by atoms with Gasteiger partial charge in [0.05, 0.1) is 66.1 Å². The Bertz CT molecular complexity index is 630. The number of benzene rings is 1. The zero-order valence-corrected chi connectivity index (χ0v) is 18.8. The molecular weight excluding hydrogens is 420 g/mol. The van der Waals surface area contributed by atoms with E-state index in [2.05, 4.69) is 10.6 Å². The highest BCUT2D eigenvalue weighted by Crippen LogP contribution is 2.03. The van der Waals surface area contributed by atoms with Gasteiger partial charge in [-0.2, -0.15) is 0 Å². The van der Waals surface area contributed by atoms with Gasteiger partial charge in [-0.25, -0.2) is 0 Å². The highest BCUT2D eigenvalue weighted by Gasteiger charge is 2.04. The van der Waals surface area contributed by atoms with Gasteiger partial charge in [0.2, 0.25) is 5.91 Å². The summed E-state index contributed by atoms with van der Waals surface area (Å²) in [5, 5.41) is 14.0. The third-order valence-electron chi connectivity index (χ3n) is 3.97. The molecule has 0 aromatic heterocycles. The third-order valence-corrected chi connectivity index (χ3v) is 3.97. The van der Waals surface area contributed by atoms with Crippen molar-refractivity contribution >= 4 is 11.8 Å². The second-order valence-electron chi connectivity index (χ2n) is 6.70. The highest BCUT2D eigenvalue weighted by atomic mass is 16.6. The largest absolute Gasteiger partial charge is 0.394 e. The van der Waals surface area contributed by atoms with Crippen molar-refractivity contribution in [2.24, 2.45) is 0 Å². The topological polar surface area (TPSA) is 125 Å². The number of hydrogen-bond acceptors (Lipinski definition) is 8. The Balaban J connectivity index is 1.80. The number of amides is 2. The molecule has 1 aromatic carbocycles. The van der Waals surface area contributed by atoms with Crippen LogP contribution in [0.15, 0.2) is 24.3 Å². The van der Waals surface area contributed by atoms with Gasteiger partial charge >= 0.3 is 0 Å². The molecule has 2 amide bonds. The average molecular weight is 457 g/mol. The molecule has 0 fully saturated rings. The van der Waals surface area contributed by atoms with Crippen molar-refractivity contribution < 1.29 is 38.4 Å². The minimum Gasteiger partial charge on any atom is -0.394 e. The molecule has 1 aromatic rings. The first-order chi connectivity index (χ1) is 15.6. The summed E-state index contributed by atoms with van der Waals surface area (Å²) in [6.45, 7) is 6.12. The number of carbonyl (C=O) groups is 2. The van der Waals surface area contributed by atoms with E-state index in [-0.39, 0.29) is 31.6 Å². The molecule has 0 heterocycles. The summed E-state index contributed by atoms with van der Waals surface area (Å²) in [6, 6.07) is 7.42. The van der Waals surface area contributed by atoms with Crippen LogP contribution >= 0.6 is 0 Å². The van der Waals surface area contributed by atoms with Gasteiger partial charge in [0.25, 0.3) is 5.91 Å². The number of nitrogens with one attached hydrogen (secondary N) is 2. The van der Waals surface area contributed by atoms with Crippen molar-refractivity contribution in [1.82, 2.24) is 10.6 Å². The summed E-state index contributed by atoms with van der Waals surface area (Å²) in [5.74, 6) is -0.338. The third kappa shape index (κ3) is 15.7. The van der Waals surface area contributed by atoms with Gasteiger partial charge in [-0.3, -0.25) is 9.59 Å². The van der Waals surface area contributed by atoms with Gasteiger partial charge in [-0.05, 0) is 19.1 Å². The quantitative estimate of drug-likeness (QED) is 0.233. The van der Waals surface area contributed by atoms with Crippen LogP contribution in [-0.4, -0.2) is 103 Å². The Morgan fingerprint density at radius 3 is 1.97 bits per heavy atom. The Labute approximate surface area is 189 Å². The van der Waals surface area contributed by atoms with E-state index in [1.807, 2.05) is 25.1 Å². The van der Waals surface area contributed by atoms with Crippen molar-refractivity contribution in [3.63, 3.8) is 0 Å². The normalized spacial score (nSPS) is 10.8. The molecule has 0 unspecified atom stereocenters. The van der Waals surface area contributed by atoms with Gasteiger partial charge in [-0.1, -0.05) is 17.7 Å². The first-order valence-electron chi connectivity index (χ1n) is 10.7. The van der Waals surface area contributed by atoms with Gasteiger partial charge in [0.15, 0.2) is 0 Å². The fourth-order valence-electron chi connectivity index (χ4n) is 2.43. The fraction of sp³-hybridized carbons (Fsp3) is 0.636. The molecule has 0 aliphatic heterocycles. The Hall–Kier alpha value is -2.08. The van der Waals surface area contributed by atoms with E-state index >= 15 is 0 Å². The molecule has 0 spiro atoms. The predicted octanol–water partition coefficient (Wildman–Crippen LogP) is -0.0837. The van der Waals surface area contributed by atoms with E-state index < -0.39 is 0 Å². The second-order valence-corrected chi connectivity index (χ2v) is 6.70. The molecule has 10 nitrogen and oxygen atoms in total. The minimum absolute atomic E-state index is 0.0356. The summed E-state index contributed by atoms with van der Waals surface area (Å²) in [5.41, 5.74) is 1.69. The Morgan fingerprint density at radius 2 is 1.34 bits per heavy atom. The number of aliphatic hydroxyl groups excluding tert-OH is 1. The van der Waals surface area contributed by atoms with Gasteiger partial charge in [0, 0.05) is 18.7 Å². The zero-order chi connectivity index (χ0) is 23.3. The summed E-state index contributed by atoms with van der Waals surface area (Å²) in [6.07, 6.45) is 0. The molecule has 10 heteroatoms. The van der Waals surface area contributed by atoms with E-state index in [1.165, 1.54) is 0 Å². The van der Waals surface area contributed by atoms with E-state index in [9.17, 15) is 9.59 Å². The lowest BCUT2D eigenvalue weighted by molar-refractivity contribution is -0.126. The van der Waals surface area contributed by atoms with Gasteiger partial charge in [0.1, 0.15) is 6.61 Å². The average Bonchev–Trinajstić information content (AvgIpc) is 2.79. The summed E-state index contributed by atoms with van der Waals surface area (Å²) in [4.78, 5) is 23.4. The lowest BCUT2D eigenvalue weighted by atomic mass is 10.1. The number of carbonyl (C=O) groups excluding carboxylic acids is 2. The maximum atomic E-state index is 12.0. The van der Waals surface area contributed by atoms with Crippen LogP contribution in [0.4, 0.5) is 0 Å². The number of aryl methyl sites for hydroxylation is 1. The molecule has 0 aliphatic rings. The zero-order valence-electron chi connectivity index (χ0n) is 18.8. The van der Waals surface area contributed by atoms with Crippen molar-refractivity contribution in [2.75, 3.05) is 85.8 Å². The van der Waals surface area contributed by atoms with Crippen LogP contribution in [0.5, 0.6) is 0 Å². The van der Waals surface area contributed by atoms with Crippen LogP contribution in [-0.2, 0) is 28.5 Å². The standard InChI is InChI=1S/C22H36N2O8/c1-19-3-2-4-20(17-19)22(27)24-6-9-29-11-12-30-13-14-31-15-16-32-18-21(26)23-5-8-28-10-7-25/h2-4,17,25H,5-16,18H2,1H3,(H,23,26)(H,24,27). The molecular formula is C22H36N2O8. The summed E-state index contributed by atoms with van der Waals surface area (Å²) >= 11 is 0. The number of ether oxygens (including phenoxy) is 5. The van der Waals surface area contributed by atoms with E-state index in [4.69, 9.17) is 28.8 Å². The molecule has 0 aliphatic carbocycles. The van der Waals surface area contributed by atoms with Gasteiger partial charge < -0.3 is 39.4 Å². The first kappa shape index (κ1) is 28.0. The Kier molecular flexibility index (Phi) is 17.1. The first-order valence-corrected chi connectivity index (χ1v) is 10.7. The molecule has 0 atom stereocenters. The molecule has 0 bridgehead atoms. The predicted molar refractivity (Wildman–Crippen MR) is 118 cm³/mol. The lowest BCUT2D eigenvalue weighted by Crippen LogP contribution is -2.31. The van der Waals surface area contributed by atoms with Crippen LogP contribution in [0.25, 0.3) is 0 Å². The molecule has 3 N–H and O–H groups in total. The van der Waals surface area contributed by atoms with Crippen LogP contribution in [0.2, 0.25) is 0 Å². The van der Waals surface area contributed by atoms with Crippen molar-refractivity contribution in [2.45, 2.75) is 6.92 Å². The molecule has 0 saturated heterocycles. The fourth-order valence-corrected chi connectivity index (χ4v) is 2.43. The smallest absolute Gasteiger partial charge is 0.251 e. The highest BCUT2D eigenvalue weighted by molar-refractivity contribution is 5.94. The molecule has 32 heavy (non-hydrogen) atoms. The lowest BCUT2D eigenvalue weighted by Gasteiger charge is -2.09. The van der Waals surface area contributed by atoms with Crippen LogP contribution < -0.4 is 10.6 Å².